The molecule has 0 aromatic heterocycles. The molecule has 3 aromatic rings. The fraction of sp³-hybridized carbons (Fsp3) is 0.259. The summed E-state index contributed by atoms with van der Waals surface area (Å²) in [6.45, 7) is 1.99. The van der Waals surface area contributed by atoms with E-state index in [0.29, 0.717) is 28.7 Å². The Morgan fingerprint density at radius 3 is 2.17 bits per heavy atom. The van der Waals surface area contributed by atoms with Crippen LogP contribution in [0.5, 0.6) is 5.75 Å². The largest absolute Gasteiger partial charge is 0.573 e. The smallest absolute Gasteiger partial charge is 0.403 e. The molecule has 0 N–H and O–H groups in total. The van der Waals surface area contributed by atoms with Crippen LogP contribution in [0.25, 0.3) is 16.7 Å². The number of rotatable bonds is 6. The van der Waals surface area contributed by atoms with Crippen LogP contribution in [0.3, 0.4) is 0 Å². The quantitative estimate of drug-likeness (QED) is 0.313. The number of unbranched alkanes of at least 4 members (excludes halogenated alkanes) is 1. The van der Waals surface area contributed by atoms with Crippen LogP contribution in [0.15, 0.2) is 48.5 Å². The van der Waals surface area contributed by atoms with Gasteiger partial charge in [0.15, 0.2) is 11.6 Å². The van der Waals surface area contributed by atoms with Gasteiger partial charge in [-0.05, 0) is 89.9 Å². The summed E-state index contributed by atoms with van der Waals surface area (Å²) in [4.78, 5) is 0. The minimum Gasteiger partial charge on any atom is -0.403 e. The van der Waals surface area contributed by atoms with Crippen molar-refractivity contribution in [2.75, 3.05) is 0 Å². The lowest BCUT2D eigenvalue weighted by Crippen LogP contribution is -2.17. The van der Waals surface area contributed by atoms with Gasteiger partial charge in [0.05, 0.1) is 0 Å². The highest BCUT2D eigenvalue weighted by atomic mass is 19.4. The third kappa shape index (κ3) is 5.52. The molecule has 0 fully saturated rings. The number of hydrogen-bond donors (Lipinski definition) is 0. The summed E-state index contributed by atoms with van der Waals surface area (Å²) in [5, 5.41) is 0. The Kier molecular flexibility index (Phi) is 6.92. The molecule has 0 radical (unpaired) electrons. The number of aryl methyl sites for hydroxylation is 1. The standard InChI is InChI=1S/C27H21F7O/c1-2-3-4-15-9-23(30)26(24(31)10-15)18-6-5-16-12-20(21(28)14-19(16)11-18)17-7-8-25(22(29)13-17)35-27(32,33)34/h6-10,12-14H,2-5,11H2,1H3. The van der Waals surface area contributed by atoms with Crippen LogP contribution >= 0.6 is 0 Å². The van der Waals surface area contributed by atoms with Crippen molar-refractivity contribution in [3.05, 3.63) is 94.1 Å². The topological polar surface area (TPSA) is 9.23 Å². The van der Waals surface area contributed by atoms with Gasteiger partial charge in [-0.1, -0.05) is 25.5 Å². The van der Waals surface area contributed by atoms with E-state index in [1.54, 1.807) is 6.08 Å². The normalized spacial score (nSPS) is 13.4. The van der Waals surface area contributed by atoms with Crippen molar-refractivity contribution in [2.24, 2.45) is 0 Å². The first kappa shape index (κ1) is 24.8. The Morgan fingerprint density at radius 2 is 1.54 bits per heavy atom. The van der Waals surface area contributed by atoms with Crippen LogP contribution < -0.4 is 4.74 Å². The van der Waals surface area contributed by atoms with Crippen molar-refractivity contribution >= 4 is 5.57 Å². The maximum absolute atomic E-state index is 14.9. The third-order valence-corrected chi connectivity index (χ3v) is 5.95. The zero-order chi connectivity index (χ0) is 25.3. The number of alkyl halides is 3. The van der Waals surface area contributed by atoms with Gasteiger partial charge in [0.25, 0.3) is 0 Å². The highest BCUT2D eigenvalue weighted by Gasteiger charge is 2.32. The number of hydrogen-bond acceptors (Lipinski definition) is 1. The minimum absolute atomic E-state index is 0.00398. The molecular formula is C27H21F7O. The van der Waals surface area contributed by atoms with Crippen LogP contribution in [0.4, 0.5) is 30.7 Å². The average molecular weight is 494 g/mol. The third-order valence-electron chi connectivity index (χ3n) is 5.95. The number of ether oxygens (including phenoxy) is 1. The molecule has 1 aliphatic rings. The molecule has 184 valence electrons. The second-order valence-corrected chi connectivity index (χ2v) is 8.44. The van der Waals surface area contributed by atoms with Crippen LogP contribution in [0.1, 0.15) is 42.0 Å². The maximum atomic E-state index is 14.9. The van der Waals surface area contributed by atoms with Crippen molar-refractivity contribution < 1.29 is 35.5 Å². The van der Waals surface area contributed by atoms with Gasteiger partial charge in [-0.2, -0.15) is 0 Å². The van der Waals surface area contributed by atoms with Gasteiger partial charge in [-0.25, -0.2) is 17.6 Å². The maximum Gasteiger partial charge on any atom is 0.573 e. The van der Waals surface area contributed by atoms with Crippen LogP contribution in [0.2, 0.25) is 0 Å². The Labute approximate surface area is 197 Å². The Bertz CT molecular complexity index is 1270. The van der Waals surface area contributed by atoms with Crippen LogP contribution in [0, 0.1) is 23.3 Å². The predicted molar refractivity (Wildman–Crippen MR) is 119 cm³/mol. The Hall–Kier alpha value is -3.29. The van der Waals surface area contributed by atoms with Gasteiger partial charge in [0, 0.05) is 11.1 Å². The summed E-state index contributed by atoms with van der Waals surface area (Å²) in [6.07, 6.45) is -0.745. The van der Waals surface area contributed by atoms with E-state index in [2.05, 4.69) is 4.74 Å². The molecule has 3 aromatic carbocycles. The van der Waals surface area contributed by atoms with Crippen molar-refractivity contribution in [1.29, 1.82) is 0 Å². The molecular weight excluding hydrogens is 473 g/mol. The summed E-state index contributed by atoms with van der Waals surface area (Å²) in [5.74, 6) is -4.37. The van der Waals surface area contributed by atoms with E-state index in [-0.39, 0.29) is 29.5 Å². The zero-order valence-corrected chi connectivity index (χ0v) is 18.7. The fourth-order valence-corrected chi connectivity index (χ4v) is 4.27. The van der Waals surface area contributed by atoms with Crippen molar-refractivity contribution in [3.63, 3.8) is 0 Å². The summed E-state index contributed by atoms with van der Waals surface area (Å²) < 4.78 is 99.3. The molecule has 0 saturated heterocycles. The van der Waals surface area contributed by atoms with E-state index in [0.717, 1.165) is 31.0 Å². The lowest BCUT2D eigenvalue weighted by molar-refractivity contribution is -0.275. The average Bonchev–Trinajstić information content (AvgIpc) is 2.77. The summed E-state index contributed by atoms with van der Waals surface area (Å²) in [7, 11) is 0. The summed E-state index contributed by atoms with van der Waals surface area (Å²) >= 11 is 0. The SMILES string of the molecule is CCCCc1cc(F)c(C2=CCc3cc(-c4ccc(OC(F)(F)F)c(F)c4)c(F)cc3C2)c(F)c1. The minimum atomic E-state index is -5.06. The molecule has 35 heavy (non-hydrogen) atoms. The molecule has 4 rings (SSSR count). The van der Waals surface area contributed by atoms with Gasteiger partial charge < -0.3 is 4.74 Å². The van der Waals surface area contributed by atoms with Crippen molar-refractivity contribution in [3.8, 4) is 16.9 Å². The van der Waals surface area contributed by atoms with E-state index in [4.69, 9.17) is 0 Å². The predicted octanol–water partition coefficient (Wildman–Crippen LogP) is 8.33. The second-order valence-electron chi connectivity index (χ2n) is 8.44. The molecule has 0 aliphatic heterocycles. The van der Waals surface area contributed by atoms with Crippen LogP contribution in [-0.4, -0.2) is 6.36 Å². The van der Waals surface area contributed by atoms with Gasteiger partial charge >= 0.3 is 6.36 Å². The number of benzene rings is 3. The Morgan fingerprint density at radius 1 is 0.829 bits per heavy atom. The number of allylic oxidation sites excluding steroid dienone is 2. The monoisotopic (exact) mass is 494 g/mol. The van der Waals surface area contributed by atoms with E-state index < -0.39 is 35.4 Å². The second kappa shape index (κ2) is 9.76. The van der Waals surface area contributed by atoms with E-state index >= 15 is 0 Å². The molecule has 8 heteroatoms. The molecule has 0 amide bonds. The highest BCUT2D eigenvalue weighted by Crippen LogP contribution is 2.36. The fourth-order valence-electron chi connectivity index (χ4n) is 4.27. The first-order chi connectivity index (χ1) is 16.6. The summed E-state index contributed by atoms with van der Waals surface area (Å²) in [5.41, 5.74) is 2.07. The van der Waals surface area contributed by atoms with Crippen LogP contribution in [-0.2, 0) is 19.3 Å². The zero-order valence-electron chi connectivity index (χ0n) is 18.7. The van der Waals surface area contributed by atoms with E-state index in [1.807, 2.05) is 6.92 Å². The molecule has 0 atom stereocenters. The lowest BCUT2D eigenvalue weighted by atomic mass is 9.85. The van der Waals surface area contributed by atoms with Gasteiger partial charge in [-0.3, -0.25) is 0 Å². The van der Waals surface area contributed by atoms with Crippen molar-refractivity contribution in [1.82, 2.24) is 0 Å². The van der Waals surface area contributed by atoms with Gasteiger partial charge in [0.1, 0.15) is 17.5 Å². The van der Waals surface area contributed by atoms with E-state index in [9.17, 15) is 30.7 Å². The number of halogens is 7. The van der Waals surface area contributed by atoms with Crippen molar-refractivity contribution in [2.45, 2.75) is 45.4 Å². The summed E-state index contributed by atoms with van der Waals surface area (Å²) in [6, 6.07) is 8.01. The number of fused-ring (bicyclic) bond motifs is 1. The molecule has 1 nitrogen and oxygen atoms in total. The highest BCUT2D eigenvalue weighted by molar-refractivity contribution is 5.74. The van der Waals surface area contributed by atoms with Gasteiger partial charge in [0.2, 0.25) is 0 Å². The molecule has 0 spiro atoms. The lowest BCUT2D eigenvalue weighted by Gasteiger charge is -2.20. The molecule has 0 heterocycles. The molecule has 1 aliphatic carbocycles. The first-order valence-electron chi connectivity index (χ1n) is 11.1. The molecule has 0 bridgehead atoms. The Balaban J connectivity index is 1.61. The first-order valence-corrected chi connectivity index (χ1v) is 11.1. The van der Waals surface area contributed by atoms with Gasteiger partial charge in [-0.15, -0.1) is 13.2 Å². The van der Waals surface area contributed by atoms with E-state index in [1.165, 1.54) is 24.3 Å². The molecule has 0 unspecified atom stereocenters. The molecule has 0 saturated carbocycles.